The number of carboxylic acid groups (broad SMARTS) is 2. The maximum absolute atomic E-state index is 12.5. The number of nitrogens with zero attached hydrogens (tertiary/aromatic N) is 2. The summed E-state index contributed by atoms with van der Waals surface area (Å²) >= 11 is 0.819. The molecule has 1 heterocycles. The fraction of sp³-hybridized carbons (Fsp3) is 0.636. The number of H-pyrrole nitrogens is 1. The summed E-state index contributed by atoms with van der Waals surface area (Å²) in [7, 11) is 0. The molecule has 126 valence electrons. The van der Waals surface area contributed by atoms with E-state index >= 15 is 0 Å². The van der Waals surface area contributed by atoms with Crippen molar-refractivity contribution in [1.82, 2.24) is 15.2 Å². The number of halogens is 3. The van der Waals surface area contributed by atoms with E-state index in [0.717, 1.165) is 11.8 Å². The molecule has 0 radical (unpaired) electrons. The van der Waals surface area contributed by atoms with Crippen molar-refractivity contribution in [1.29, 1.82) is 0 Å². The van der Waals surface area contributed by atoms with Crippen LogP contribution in [0.4, 0.5) is 13.2 Å². The van der Waals surface area contributed by atoms with Crippen LogP contribution in [-0.4, -0.2) is 48.1 Å². The maximum Gasteiger partial charge on any atom is 0.451 e. The Labute approximate surface area is 130 Å². The Morgan fingerprint density at radius 3 is 2.52 bits per heavy atom. The van der Waals surface area contributed by atoms with Gasteiger partial charge < -0.3 is 15.9 Å². The molecule has 0 aliphatic heterocycles. The molecule has 0 spiro atoms. The SMILES string of the molecule is NC1(C(=O)O)CC(Sc2n[nH]c(C(F)(F)F)n2)C2C(C(=O)O)C21. The van der Waals surface area contributed by atoms with Crippen LogP contribution in [0.2, 0.25) is 0 Å². The maximum atomic E-state index is 12.5. The second-order valence-corrected chi connectivity index (χ2v) is 6.84. The Balaban J connectivity index is 1.80. The summed E-state index contributed by atoms with van der Waals surface area (Å²) in [5, 5.41) is 22.8. The van der Waals surface area contributed by atoms with Crippen LogP contribution in [0, 0.1) is 17.8 Å². The van der Waals surface area contributed by atoms with E-state index in [0.29, 0.717) is 0 Å². The summed E-state index contributed by atoms with van der Waals surface area (Å²) in [4.78, 5) is 25.8. The van der Waals surface area contributed by atoms with Crippen molar-refractivity contribution in [3.63, 3.8) is 0 Å². The molecular formula is C11H11F3N4O4S. The number of aromatic nitrogens is 3. The van der Waals surface area contributed by atoms with Gasteiger partial charge in [0.1, 0.15) is 5.54 Å². The smallest absolute Gasteiger partial charge is 0.451 e. The first-order valence-corrected chi connectivity index (χ1v) is 7.35. The van der Waals surface area contributed by atoms with Crippen molar-refractivity contribution < 1.29 is 33.0 Å². The van der Waals surface area contributed by atoms with E-state index in [1.54, 1.807) is 5.10 Å². The fourth-order valence-corrected chi connectivity index (χ4v) is 4.66. The van der Waals surface area contributed by atoms with Crippen LogP contribution in [-0.2, 0) is 15.8 Å². The Morgan fingerprint density at radius 1 is 1.39 bits per heavy atom. The van der Waals surface area contributed by atoms with Gasteiger partial charge in [-0.15, -0.1) is 5.10 Å². The average molecular weight is 352 g/mol. The lowest BCUT2D eigenvalue weighted by Crippen LogP contribution is -2.50. The van der Waals surface area contributed by atoms with Gasteiger partial charge in [-0.05, 0) is 12.3 Å². The molecule has 2 aliphatic rings. The number of carboxylic acids is 2. The third-order valence-corrected chi connectivity index (χ3v) is 5.49. The number of hydrogen-bond acceptors (Lipinski definition) is 6. The first kappa shape index (κ1) is 16.1. The molecule has 0 aromatic carbocycles. The van der Waals surface area contributed by atoms with E-state index < -0.39 is 52.5 Å². The van der Waals surface area contributed by atoms with E-state index in [4.69, 9.17) is 10.8 Å². The van der Waals surface area contributed by atoms with E-state index in [1.165, 1.54) is 0 Å². The number of aliphatic carboxylic acids is 2. The van der Waals surface area contributed by atoms with Crippen LogP contribution >= 0.6 is 11.8 Å². The molecule has 2 fully saturated rings. The number of hydrogen-bond donors (Lipinski definition) is 4. The van der Waals surface area contributed by atoms with Gasteiger partial charge in [0, 0.05) is 11.2 Å². The highest BCUT2D eigenvalue weighted by atomic mass is 32.2. The minimum absolute atomic E-state index is 0.0536. The van der Waals surface area contributed by atoms with Crippen molar-refractivity contribution in [2.24, 2.45) is 23.5 Å². The van der Waals surface area contributed by atoms with Crippen molar-refractivity contribution in [2.75, 3.05) is 0 Å². The monoisotopic (exact) mass is 352 g/mol. The summed E-state index contributed by atoms with van der Waals surface area (Å²) in [6.07, 6.45) is -4.73. The van der Waals surface area contributed by atoms with Crippen molar-refractivity contribution in [3.05, 3.63) is 5.82 Å². The Hall–Kier alpha value is -1.82. The Bertz CT molecular complexity index is 680. The molecule has 2 aliphatic carbocycles. The van der Waals surface area contributed by atoms with E-state index in [2.05, 4.69) is 10.1 Å². The second-order valence-electron chi connectivity index (χ2n) is 5.64. The van der Waals surface area contributed by atoms with Crippen LogP contribution in [0.15, 0.2) is 5.16 Å². The van der Waals surface area contributed by atoms with Gasteiger partial charge in [0.2, 0.25) is 11.0 Å². The van der Waals surface area contributed by atoms with Gasteiger partial charge in [0.05, 0.1) is 5.92 Å². The third kappa shape index (κ3) is 2.45. The van der Waals surface area contributed by atoms with E-state index in [9.17, 15) is 27.9 Å². The van der Waals surface area contributed by atoms with Gasteiger partial charge in [-0.1, -0.05) is 11.8 Å². The van der Waals surface area contributed by atoms with Crippen LogP contribution in [0.1, 0.15) is 12.2 Å². The van der Waals surface area contributed by atoms with Crippen LogP contribution < -0.4 is 5.73 Å². The fourth-order valence-electron chi connectivity index (χ4n) is 3.30. The molecule has 0 saturated heterocycles. The number of rotatable bonds is 4. The molecule has 5 N–H and O–H groups in total. The van der Waals surface area contributed by atoms with Crippen LogP contribution in [0.3, 0.4) is 0 Å². The summed E-state index contributed by atoms with van der Waals surface area (Å²) in [5.41, 5.74) is 4.13. The first-order chi connectivity index (χ1) is 10.6. The van der Waals surface area contributed by atoms with Crippen LogP contribution in [0.5, 0.6) is 0 Å². The highest BCUT2D eigenvalue weighted by molar-refractivity contribution is 7.99. The van der Waals surface area contributed by atoms with Crippen molar-refractivity contribution >= 4 is 23.7 Å². The summed E-state index contributed by atoms with van der Waals surface area (Å²) < 4.78 is 37.4. The Morgan fingerprint density at radius 2 is 2.04 bits per heavy atom. The minimum Gasteiger partial charge on any atom is -0.481 e. The molecule has 0 amide bonds. The summed E-state index contributed by atoms with van der Waals surface area (Å²) in [5.74, 6) is -5.92. The number of alkyl halides is 3. The normalized spacial score (nSPS) is 35.8. The lowest BCUT2D eigenvalue weighted by atomic mass is 9.91. The molecule has 5 atom stereocenters. The number of thioether (sulfide) groups is 1. The van der Waals surface area contributed by atoms with Gasteiger partial charge in [-0.3, -0.25) is 14.7 Å². The average Bonchev–Trinajstić information content (AvgIpc) is 2.88. The molecule has 3 rings (SSSR count). The second kappa shape index (κ2) is 4.84. The number of aromatic amines is 1. The lowest BCUT2D eigenvalue weighted by molar-refractivity contribution is -0.146. The van der Waals surface area contributed by atoms with Gasteiger partial charge in [-0.25, -0.2) is 0 Å². The summed E-state index contributed by atoms with van der Waals surface area (Å²) in [6, 6.07) is 0. The predicted octanol–water partition coefficient (Wildman–Crippen LogP) is 0.417. The Kier molecular flexibility index (Phi) is 3.38. The quantitative estimate of drug-likeness (QED) is 0.610. The largest absolute Gasteiger partial charge is 0.481 e. The number of nitrogens with one attached hydrogen (secondary N) is 1. The van der Waals surface area contributed by atoms with Gasteiger partial charge in [-0.2, -0.15) is 18.2 Å². The first-order valence-electron chi connectivity index (χ1n) is 6.47. The molecule has 1 aromatic heterocycles. The molecule has 8 nitrogen and oxygen atoms in total. The molecule has 23 heavy (non-hydrogen) atoms. The van der Waals surface area contributed by atoms with Gasteiger partial charge >= 0.3 is 18.1 Å². The molecule has 5 unspecified atom stereocenters. The summed E-state index contributed by atoms with van der Waals surface area (Å²) in [6.45, 7) is 0. The predicted molar refractivity (Wildman–Crippen MR) is 68.3 cm³/mol. The molecule has 0 bridgehead atoms. The lowest BCUT2D eigenvalue weighted by Gasteiger charge is -2.23. The number of fused-ring (bicyclic) bond motifs is 1. The zero-order chi connectivity index (χ0) is 17.2. The molecule has 1 aromatic rings. The van der Waals surface area contributed by atoms with Crippen molar-refractivity contribution in [2.45, 2.75) is 28.5 Å². The van der Waals surface area contributed by atoms with E-state index in [1.807, 2.05) is 0 Å². The highest BCUT2D eigenvalue weighted by Gasteiger charge is 2.74. The van der Waals surface area contributed by atoms with Gasteiger partial charge in [0.25, 0.3) is 0 Å². The molecule has 2 saturated carbocycles. The number of carbonyl (C=O) groups is 2. The van der Waals surface area contributed by atoms with Gasteiger partial charge in [0.15, 0.2) is 0 Å². The zero-order valence-electron chi connectivity index (χ0n) is 11.2. The standard InChI is InChI=1S/C11H11F3N4O4S/c12-11(13,14)7-16-9(18-17-7)23-2-1-10(15,8(21)22)5-3(2)4(5)6(19)20/h2-5H,1,15H2,(H,19,20)(H,21,22)(H,16,17,18). The minimum atomic E-state index is -4.67. The van der Waals surface area contributed by atoms with Crippen molar-refractivity contribution in [3.8, 4) is 0 Å². The molecular weight excluding hydrogens is 341 g/mol. The third-order valence-electron chi connectivity index (χ3n) is 4.31. The zero-order valence-corrected chi connectivity index (χ0v) is 12.1. The van der Waals surface area contributed by atoms with E-state index in [-0.39, 0.29) is 11.6 Å². The highest BCUT2D eigenvalue weighted by Crippen LogP contribution is 2.65. The topological polar surface area (TPSA) is 142 Å². The number of nitrogens with two attached hydrogens (primary N) is 1. The molecule has 12 heteroatoms. The van der Waals surface area contributed by atoms with Crippen LogP contribution in [0.25, 0.3) is 0 Å².